The number of nitrogens with two attached hydrogens (primary N) is 1. The van der Waals surface area contributed by atoms with E-state index in [4.69, 9.17) is 20.3 Å². The molecule has 0 aromatic heterocycles. The van der Waals surface area contributed by atoms with E-state index in [2.05, 4.69) is 13.8 Å². The van der Waals surface area contributed by atoms with Crippen LogP contribution in [0.2, 0.25) is 0 Å². The first kappa shape index (κ1) is 14.3. The molecule has 5 nitrogen and oxygen atoms in total. The minimum atomic E-state index is -1.03. The van der Waals surface area contributed by atoms with E-state index < -0.39 is 5.97 Å². The summed E-state index contributed by atoms with van der Waals surface area (Å²) >= 11 is 0. The highest BCUT2D eigenvalue weighted by molar-refractivity contribution is 5.91. The number of carbonyl (C=O) groups is 1. The Morgan fingerprint density at radius 1 is 1.39 bits per heavy atom. The molecule has 1 aromatic rings. The van der Waals surface area contributed by atoms with Gasteiger partial charge in [-0.25, -0.2) is 4.79 Å². The minimum absolute atomic E-state index is 0.105. The van der Waals surface area contributed by atoms with Crippen LogP contribution in [0, 0.1) is 5.92 Å². The summed E-state index contributed by atoms with van der Waals surface area (Å²) in [5, 5.41) is 8.98. The van der Waals surface area contributed by atoms with Gasteiger partial charge in [0.1, 0.15) is 17.9 Å². The fraction of sp³-hybridized carbons (Fsp3) is 0.462. The van der Waals surface area contributed by atoms with Crippen LogP contribution in [0.5, 0.6) is 5.75 Å². The molecule has 0 atom stereocenters. The van der Waals surface area contributed by atoms with Crippen molar-refractivity contribution < 1.29 is 19.4 Å². The zero-order valence-corrected chi connectivity index (χ0v) is 10.7. The van der Waals surface area contributed by atoms with Crippen molar-refractivity contribution in [2.24, 2.45) is 5.92 Å². The van der Waals surface area contributed by atoms with Crippen LogP contribution in [-0.4, -0.2) is 30.9 Å². The molecular weight excluding hydrogens is 234 g/mol. The summed E-state index contributed by atoms with van der Waals surface area (Å²) in [4.78, 5) is 11.0. The van der Waals surface area contributed by atoms with Crippen molar-refractivity contribution in [3.8, 4) is 5.75 Å². The molecule has 0 saturated carbocycles. The van der Waals surface area contributed by atoms with Gasteiger partial charge in [0, 0.05) is 18.4 Å². The van der Waals surface area contributed by atoms with E-state index in [1.807, 2.05) is 0 Å². The van der Waals surface area contributed by atoms with Gasteiger partial charge in [0.15, 0.2) is 0 Å². The van der Waals surface area contributed by atoms with Crippen molar-refractivity contribution in [2.75, 3.05) is 25.6 Å². The molecule has 5 heteroatoms. The van der Waals surface area contributed by atoms with Gasteiger partial charge < -0.3 is 20.3 Å². The Balaban J connectivity index is 2.50. The number of rotatable bonds is 7. The number of aromatic carboxylic acids is 1. The highest BCUT2D eigenvalue weighted by Crippen LogP contribution is 2.21. The van der Waals surface area contributed by atoms with Crippen molar-refractivity contribution in [1.29, 1.82) is 0 Å². The third-order valence-electron chi connectivity index (χ3n) is 2.17. The number of hydrogen-bond donors (Lipinski definition) is 2. The number of nitrogen functional groups attached to an aromatic ring is 1. The Hall–Kier alpha value is -1.75. The monoisotopic (exact) mass is 253 g/mol. The molecule has 1 rings (SSSR count). The van der Waals surface area contributed by atoms with Gasteiger partial charge in [-0.3, -0.25) is 0 Å². The van der Waals surface area contributed by atoms with Crippen LogP contribution < -0.4 is 10.5 Å². The molecule has 0 bridgehead atoms. The summed E-state index contributed by atoms with van der Waals surface area (Å²) in [6.07, 6.45) is 0. The van der Waals surface area contributed by atoms with E-state index in [9.17, 15) is 4.79 Å². The molecule has 0 saturated heterocycles. The van der Waals surface area contributed by atoms with Crippen molar-refractivity contribution in [1.82, 2.24) is 0 Å². The number of hydrogen-bond acceptors (Lipinski definition) is 4. The normalized spacial score (nSPS) is 10.6. The zero-order chi connectivity index (χ0) is 13.5. The van der Waals surface area contributed by atoms with Crippen LogP contribution in [0.15, 0.2) is 18.2 Å². The largest absolute Gasteiger partial charge is 0.490 e. The van der Waals surface area contributed by atoms with E-state index >= 15 is 0 Å². The van der Waals surface area contributed by atoms with Gasteiger partial charge in [-0.15, -0.1) is 0 Å². The first-order valence-electron chi connectivity index (χ1n) is 5.84. The highest BCUT2D eigenvalue weighted by Gasteiger charge is 2.11. The summed E-state index contributed by atoms with van der Waals surface area (Å²) in [6, 6.07) is 4.47. The fourth-order valence-electron chi connectivity index (χ4n) is 1.36. The summed E-state index contributed by atoms with van der Waals surface area (Å²) in [5.74, 6) is -0.296. The van der Waals surface area contributed by atoms with Crippen molar-refractivity contribution in [3.63, 3.8) is 0 Å². The third kappa shape index (κ3) is 4.63. The Morgan fingerprint density at radius 2 is 2.11 bits per heavy atom. The Labute approximate surface area is 107 Å². The first-order chi connectivity index (χ1) is 8.50. The predicted molar refractivity (Wildman–Crippen MR) is 69.0 cm³/mol. The van der Waals surface area contributed by atoms with E-state index in [0.29, 0.717) is 31.4 Å². The average Bonchev–Trinajstić information content (AvgIpc) is 2.27. The minimum Gasteiger partial charge on any atom is -0.490 e. The average molecular weight is 253 g/mol. The molecule has 0 spiro atoms. The second-order valence-electron chi connectivity index (χ2n) is 4.38. The molecule has 18 heavy (non-hydrogen) atoms. The molecule has 0 unspecified atom stereocenters. The van der Waals surface area contributed by atoms with Gasteiger partial charge in [-0.2, -0.15) is 0 Å². The molecule has 0 aliphatic carbocycles. The lowest BCUT2D eigenvalue weighted by molar-refractivity contribution is 0.0677. The SMILES string of the molecule is CC(C)COCCOc1cc(N)ccc1C(=O)O. The van der Waals surface area contributed by atoms with Gasteiger partial charge in [-0.1, -0.05) is 13.8 Å². The Morgan fingerprint density at radius 3 is 2.72 bits per heavy atom. The van der Waals surface area contributed by atoms with Crippen LogP contribution in [0.4, 0.5) is 5.69 Å². The van der Waals surface area contributed by atoms with Crippen LogP contribution in [-0.2, 0) is 4.74 Å². The van der Waals surface area contributed by atoms with Gasteiger partial charge in [0.05, 0.1) is 6.61 Å². The number of benzene rings is 1. The Bertz CT molecular complexity index is 404. The maximum Gasteiger partial charge on any atom is 0.339 e. The molecule has 0 radical (unpaired) electrons. The lowest BCUT2D eigenvalue weighted by Crippen LogP contribution is -2.12. The predicted octanol–water partition coefficient (Wildman–Crippen LogP) is 2.02. The van der Waals surface area contributed by atoms with Crippen LogP contribution in [0.1, 0.15) is 24.2 Å². The number of ether oxygens (including phenoxy) is 2. The van der Waals surface area contributed by atoms with Crippen LogP contribution in [0.3, 0.4) is 0 Å². The number of anilines is 1. The van der Waals surface area contributed by atoms with E-state index in [-0.39, 0.29) is 11.3 Å². The van der Waals surface area contributed by atoms with E-state index in [1.165, 1.54) is 18.2 Å². The van der Waals surface area contributed by atoms with Crippen molar-refractivity contribution in [3.05, 3.63) is 23.8 Å². The van der Waals surface area contributed by atoms with Crippen LogP contribution in [0.25, 0.3) is 0 Å². The highest BCUT2D eigenvalue weighted by atomic mass is 16.5. The molecule has 0 heterocycles. The standard InChI is InChI=1S/C13H19NO4/c1-9(2)8-17-5-6-18-12-7-10(14)3-4-11(12)13(15)16/h3-4,7,9H,5-6,8,14H2,1-2H3,(H,15,16). The maximum atomic E-state index is 11.0. The number of carboxylic acid groups (broad SMARTS) is 1. The molecule has 3 N–H and O–H groups in total. The molecule has 1 aromatic carbocycles. The quantitative estimate of drug-likeness (QED) is 0.574. The molecule has 0 amide bonds. The lowest BCUT2D eigenvalue weighted by atomic mass is 10.2. The van der Waals surface area contributed by atoms with E-state index in [1.54, 1.807) is 0 Å². The van der Waals surface area contributed by atoms with Gasteiger partial charge in [0.2, 0.25) is 0 Å². The molecule has 0 fully saturated rings. The first-order valence-corrected chi connectivity index (χ1v) is 5.84. The fourth-order valence-corrected chi connectivity index (χ4v) is 1.36. The molecular formula is C13H19NO4. The topological polar surface area (TPSA) is 81.8 Å². The summed E-state index contributed by atoms with van der Waals surface area (Å²) in [5.41, 5.74) is 6.17. The molecule has 0 aliphatic heterocycles. The summed E-state index contributed by atoms with van der Waals surface area (Å²) in [7, 11) is 0. The second-order valence-corrected chi connectivity index (χ2v) is 4.38. The smallest absolute Gasteiger partial charge is 0.339 e. The summed E-state index contributed by atoms with van der Waals surface area (Å²) < 4.78 is 10.7. The second kappa shape index (κ2) is 6.86. The number of carboxylic acids is 1. The Kier molecular flexibility index (Phi) is 5.45. The van der Waals surface area contributed by atoms with E-state index in [0.717, 1.165) is 0 Å². The maximum absolute atomic E-state index is 11.0. The third-order valence-corrected chi connectivity index (χ3v) is 2.17. The lowest BCUT2D eigenvalue weighted by Gasteiger charge is -2.11. The zero-order valence-electron chi connectivity index (χ0n) is 10.7. The molecule has 100 valence electrons. The van der Waals surface area contributed by atoms with Crippen molar-refractivity contribution >= 4 is 11.7 Å². The van der Waals surface area contributed by atoms with Crippen LogP contribution >= 0.6 is 0 Å². The van der Waals surface area contributed by atoms with Gasteiger partial charge >= 0.3 is 5.97 Å². The van der Waals surface area contributed by atoms with Crippen molar-refractivity contribution in [2.45, 2.75) is 13.8 Å². The van der Waals surface area contributed by atoms with Gasteiger partial charge in [0.25, 0.3) is 0 Å². The molecule has 0 aliphatic rings. The van der Waals surface area contributed by atoms with Gasteiger partial charge in [-0.05, 0) is 18.1 Å². The summed E-state index contributed by atoms with van der Waals surface area (Å²) in [6.45, 7) is 5.50.